The monoisotopic (exact) mass is 262 g/mol. The maximum atomic E-state index is 12.2. The Bertz CT molecular complexity index is 249. The summed E-state index contributed by atoms with van der Waals surface area (Å²) in [5, 5.41) is 3.11. The first-order chi connectivity index (χ1) is 7.77. The molecule has 4 nitrogen and oxygen atoms in total. The number of hydrogen-bond acceptors (Lipinski definition) is 3. The molecule has 0 radical (unpaired) electrons. The van der Waals surface area contributed by atoms with Crippen molar-refractivity contribution in [1.29, 1.82) is 0 Å². The van der Waals surface area contributed by atoms with E-state index in [1.807, 2.05) is 0 Å². The number of nitrogens with one attached hydrogen (secondary N) is 1. The molecular weight excluding hydrogens is 240 g/mol. The molecular formula is C12H23ClN2O2. The van der Waals surface area contributed by atoms with Crippen molar-refractivity contribution in [2.45, 2.75) is 44.6 Å². The molecule has 1 unspecified atom stereocenters. The average Bonchev–Trinajstić information content (AvgIpc) is 2.80. The molecule has 1 aliphatic heterocycles. The third-order valence-electron chi connectivity index (χ3n) is 3.93. The van der Waals surface area contributed by atoms with Crippen molar-refractivity contribution >= 4 is 18.3 Å². The van der Waals surface area contributed by atoms with Crippen LogP contribution in [0.5, 0.6) is 0 Å². The van der Waals surface area contributed by atoms with Gasteiger partial charge in [0.15, 0.2) is 0 Å². The predicted octanol–water partition coefficient (Wildman–Crippen LogP) is 1.22. The van der Waals surface area contributed by atoms with Crippen LogP contribution in [0, 0.1) is 5.41 Å². The number of hydrogen-bond donors (Lipinski definition) is 2. The van der Waals surface area contributed by atoms with Crippen molar-refractivity contribution in [2.75, 3.05) is 19.8 Å². The lowest BCUT2D eigenvalue weighted by atomic mass is 9.85. The molecule has 0 spiro atoms. The van der Waals surface area contributed by atoms with Gasteiger partial charge in [0.1, 0.15) is 0 Å². The van der Waals surface area contributed by atoms with Gasteiger partial charge >= 0.3 is 0 Å². The van der Waals surface area contributed by atoms with Crippen LogP contribution in [0.4, 0.5) is 0 Å². The van der Waals surface area contributed by atoms with E-state index in [1.165, 1.54) is 0 Å². The lowest BCUT2D eigenvalue weighted by Crippen LogP contribution is -2.50. The van der Waals surface area contributed by atoms with Crippen LogP contribution in [-0.4, -0.2) is 31.7 Å². The molecule has 0 aromatic carbocycles. The molecule has 0 aromatic heterocycles. The SMILES string of the molecule is Cl.NCC1(C(=O)NC2CCCOC2)CCCC1. The molecule has 5 heteroatoms. The Morgan fingerprint density at radius 2 is 2.06 bits per heavy atom. The zero-order valence-corrected chi connectivity index (χ0v) is 11.1. The molecule has 2 fully saturated rings. The number of halogens is 1. The van der Waals surface area contributed by atoms with E-state index in [9.17, 15) is 4.79 Å². The summed E-state index contributed by atoms with van der Waals surface area (Å²) in [5.74, 6) is 0.156. The van der Waals surface area contributed by atoms with E-state index in [0.717, 1.165) is 45.1 Å². The van der Waals surface area contributed by atoms with Crippen LogP contribution in [-0.2, 0) is 9.53 Å². The Kier molecular flexibility index (Phi) is 5.70. The number of amides is 1. The average molecular weight is 263 g/mol. The lowest BCUT2D eigenvalue weighted by molar-refractivity contribution is -0.132. The second-order valence-electron chi connectivity index (χ2n) is 5.08. The molecule has 0 aromatic rings. The summed E-state index contributed by atoms with van der Waals surface area (Å²) >= 11 is 0. The molecule has 2 rings (SSSR count). The Morgan fingerprint density at radius 3 is 2.59 bits per heavy atom. The van der Waals surface area contributed by atoms with Gasteiger partial charge in [0, 0.05) is 13.2 Å². The number of nitrogens with two attached hydrogens (primary N) is 1. The molecule has 100 valence electrons. The van der Waals surface area contributed by atoms with Crippen LogP contribution >= 0.6 is 12.4 Å². The van der Waals surface area contributed by atoms with Gasteiger partial charge in [-0.25, -0.2) is 0 Å². The minimum atomic E-state index is -0.280. The highest BCUT2D eigenvalue weighted by Crippen LogP contribution is 2.37. The van der Waals surface area contributed by atoms with E-state index in [0.29, 0.717) is 13.2 Å². The molecule has 0 bridgehead atoms. The van der Waals surface area contributed by atoms with Crippen LogP contribution < -0.4 is 11.1 Å². The molecule has 17 heavy (non-hydrogen) atoms. The zero-order valence-electron chi connectivity index (χ0n) is 10.2. The minimum Gasteiger partial charge on any atom is -0.379 e. The van der Waals surface area contributed by atoms with E-state index < -0.39 is 0 Å². The zero-order chi connectivity index (χ0) is 11.4. The summed E-state index contributed by atoms with van der Waals surface area (Å²) in [5.41, 5.74) is 5.50. The quantitative estimate of drug-likeness (QED) is 0.804. The summed E-state index contributed by atoms with van der Waals surface area (Å²) in [7, 11) is 0. The van der Waals surface area contributed by atoms with Crippen LogP contribution in [0.3, 0.4) is 0 Å². The van der Waals surface area contributed by atoms with E-state index in [-0.39, 0.29) is 29.8 Å². The van der Waals surface area contributed by atoms with Gasteiger partial charge in [-0.2, -0.15) is 0 Å². The van der Waals surface area contributed by atoms with E-state index >= 15 is 0 Å². The highest BCUT2D eigenvalue weighted by atomic mass is 35.5. The first-order valence-corrected chi connectivity index (χ1v) is 6.36. The first kappa shape index (κ1) is 14.7. The van der Waals surface area contributed by atoms with Crippen molar-refractivity contribution < 1.29 is 9.53 Å². The van der Waals surface area contributed by atoms with E-state index in [4.69, 9.17) is 10.5 Å². The summed E-state index contributed by atoms with van der Waals surface area (Å²) in [6.07, 6.45) is 6.23. The van der Waals surface area contributed by atoms with Crippen molar-refractivity contribution in [2.24, 2.45) is 11.1 Å². The number of ether oxygens (including phenoxy) is 1. The Morgan fingerprint density at radius 1 is 1.35 bits per heavy atom. The molecule has 1 saturated heterocycles. The molecule has 1 aliphatic carbocycles. The smallest absolute Gasteiger partial charge is 0.227 e. The number of carbonyl (C=O) groups is 1. The molecule has 1 amide bonds. The Labute approximate surface area is 109 Å². The third kappa shape index (κ3) is 3.33. The van der Waals surface area contributed by atoms with E-state index in [1.54, 1.807) is 0 Å². The van der Waals surface area contributed by atoms with Crippen molar-refractivity contribution in [1.82, 2.24) is 5.32 Å². The summed E-state index contributed by atoms with van der Waals surface area (Å²) in [6.45, 7) is 1.97. The number of rotatable bonds is 3. The van der Waals surface area contributed by atoms with Gasteiger partial charge < -0.3 is 15.8 Å². The van der Waals surface area contributed by atoms with Gasteiger partial charge in [0.25, 0.3) is 0 Å². The fourth-order valence-electron chi connectivity index (χ4n) is 2.77. The van der Waals surface area contributed by atoms with Gasteiger partial charge in [0.2, 0.25) is 5.91 Å². The number of carbonyl (C=O) groups excluding carboxylic acids is 1. The molecule has 3 N–H and O–H groups in total. The maximum Gasteiger partial charge on any atom is 0.227 e. The first-order valence-electron chi connectivity index (χ1n) is 6.36. The summed E-state index contributed by atoms with van der Waals surface area (Å²) in [4.78, 5) is 12.2. The highest BCUT2D eigenvalue weighted by Gasteiger charge is 2.40. The lowest BCUT2D eigenvalue weighted by Gasteiger charge is -2.30. The van der Waals surface area contributed by atoms with Crippen LogP contribution in [0.25, 0.3) is 0 Å². The third-order valence-corrected chi connectivity index (χ3v) is 3.93. The van der Waals surface area contributed by atoms with Crippen LogP contribution in [0.15, 0.2) is 0 Å². The minimum absolute atomic E-state index is 0. The van der Waals surface area contributed by atoms with Crippen molar-refractivity contribution in [3.05, 3.63) is 0 Å². The highest BCUT2D eigenvalue weighted by molar-refractivity contribution is 5.85. The van der Waals surface area contributed by atoms with Gasteiger partial charge in [-0.05, 0) is 25.7 Å². The molecule has 2 aliphatic rings. The molecule has 1 saturated carbocycles. The second-order valence-corrected chi connectivity index (χ2v) is 5.08. The normalized spacial score (nSPS) is 27.2. The maximum absolute atomic E-state index is 12.2. The second kappa shape index (κ2) is 6.57. The summed E-state index contributed by atoms with van der Waals surface area (Å²) < 4.78 is 5.37. The molecule has 1 atom stereocenters. The van der Waals surface area contributed by atoms with Crippen molar-refractivity contribution in [3.63, 3.8) is 0 Å². The van der Waals surface area contributed by atoms with E-state index in [2.05, 4.69) is 5.32 Å². The fourth-order valence-corrected chi connectivity index (χ4v) is 2.77. The Balaban J connectivity index is 0.00000144. The largest absolute Gasteiger partial charge is 0.379 e. The van der Waals surface area contributed by atoms with Crippen LogP contribution in [0.2, 0.25) is 0 Å². The van der Waals surface area contributed by atoms with Crippen molar-refractivity contribution in [3.8, 4) is 0 Å². The van der Waals surface area contributed by atoms with Gasteiger partial charge in [-0.15, -0.1) is 12.4 Å². The predicted molar refractivity (Wildman–Crippen MR) is 69.2 cm³/mol. The van der Waals surface area contributed by atoms with Gasteiger partial charge in [-0.3, -0.25) is 4.79 Å². The topological polar surface area (TPSA) is 64.4 Å². The molecule has 1 heterocycles. The standard InChI is InChI=1S/C12H22N2O2.ClH/c13-9-12(5-1-2-6-12)11(15)14-10-4-3-7-16-8-10;/h10H,1-9,13H2,(H,14,15);1H. The Hall–Kier alpha value is -0.320. The van der Waals surface area contributed by atoms with Crippen LogP contribution in [0.1, 0.15) is 38.5 Å². The fraction of sp³-hybridized carbons (Fsp3) is 0.917. The summed E-state index contributed by atoms with van der Waals surface area (Å²) in [6, 6.07) is 0.199. The van der Waals surface area contributed by atoms with Gasteiger partial charge in [0.05, 0.1) is 18.1 Å². The van der Waals surface area contributed by atoms with Gasteiger partial charge in [-0.1, -0.05) is 12.8 Å².